The summed E-state index contributed by atoms with van der Waals surface area (Å²) in [5.41, 5.74) is 6.88. The number of carboxylic acid groups (broad SMARTS) is 1. The zero-order valence-corrected chi connectivity index (χ0v) is 20.6. The van der Waals surface area contributed by atoms with Gasteiger partial charge in [0.25, 0.3) is 0 Å². The second-order valence-corrected chi connectivity index (χ2v) is 9.30. The summed E-state index contributed by atoms with van der Waals surface area (Å²) in [5.74, 6) is -1.07. The van der Waals surface area contributed by atoms with Crippen molar-refractivity contribution in [2.75, 3.05) is 25.0 Å². The summed E-state index contributed by atoms with van der Waals surface area (Å²) in [4.78, 5) is 41.0. The van der Waals surface area contributed by atoms with E-state index >= 15 is 0 Å². The van der Waals surface area contributed by atoms with Gasteiger partial charge in [0.2, 0.25) is 0 Å². The van der Waals surface area contributed by atoms with E-state index in [1.807, 2.05) is 48.2 Å². The second-order valence-electron chi connectivity index (χ2n) is 9.30. The van der Waals surface area contributed by atoms with E-state index < -0.39 is 12.0 Å². The van der Waals surface area contributed by atoms with Crippen LogP contribution in [-0.4, -0.2) is 70.9 Å². The van der Waals surface area contributed by atoms with Crippen LogP contribution in [0.5, 0.6) is 0 Å². The van der Waals surface area contributed by atoms with Crippen molar-refractivity contribution in [3.63, 3.8) is 0 Å². The molecule has 0 spiro atoms. The van der Waals surface area contributed by atoms with Gasteiger partial charge in [0.05, 0.1) is 6.54 Å². The van der Waals surface area contributed by atoms with Crippen molar-refractivity contribution in [2.24, 2.45) is 5.10 Å². The minimum Gasteiger partial charge on any atom is -0.480 e. The topological polar surface area (TPSA) is 126 Å². The average molecular weight is 495 g/mol. The summed E-state index contributed by atoms with van der Waals surface area (Å²) >= 11 is 0. The number of benzene rings is 1. The Morgan fingerprint density at radius 2 is 2.03 bits per heavy atom. The van der Waals surface area contributed by atoms with Gasteiger partial charge in [-0.2, -0.15) is 5.10 Å². The molecule has 1 fully saturated rings. The van der Waals surface area contributed by atoms with Crippen LogP contribution in [0.1, 0.15) is 44.6 Å². The Kier molecular flexibility index (Phi) is 8.24. The zero-order valence-electron chi connectivity index (χ0n) is 20.6. The SMILES string of the molecule is CC/C1=C/C(CC(NC(=O)N2CCC(N3Cc4ccccc4NC3=O)CC2)C(=O)O)=C\C/C=N\NC1. The Hall–Kier alpha value is -3.82. The summed E-state index contributed by atoms with van der Waals surface area (Å²) in [6, 6.07) is 6.24. The smallest absolute Gasteiger partial charge is 0.326 e. The number of nitrogens with zero attached hydrogens (tertiary/aromatic N) is 3. The summed E-state index contributed by atoms with van der Waals surface area (Å²) in [6.45, 7) is 4.10. The van der Waals surface area contributed by atoms with Crippen LogP contribution in [-0.2, 0) is 11.3 Å². The number of carbonyl (C=O) groups excluding carboxylic acids is 2. The Morgan fingerprint density at radius 3 is 2.78 bits per heavy atom. The third kappa shape index (κ3) is 6.24. The van der Waals surface area contributed by atoms with Crippen LogP contribution in [0.4, 0.5) is 15.3 Å². The van der Waals surface area contributed by atoms with E-state index in [0.717, 1.165) is 28.8 Å². The second kappa shape index (κ2) is 11.7. The average Bonchev–Trinajstić information content (AvgIpc) is 3.00. The van der Waals surface area contributed by atoms with Gasteiger partial charge in [0.1, 0.15) is 6.04 Å². The standard InChI is InChI=1S/C26H34N6O4/c1-2-18-14-19(6-5-11-27-28-16-18)15-23(24(33)34)30-25(35)31-12-9-21(10-13-31)32-17-20-7-3-4-8-22(20)29-26(32)36/h3-4,6-8,11,14,21,23,28H,2,5,9-10,12-13,15-17H2,1H3,(H,29,36)(H,30,35)(H,33,34)/b18-14-,19-6+,27-11-. The fraction of sp³-hybridized carbons (Fsp3) is 0.462. The van der Waals surface area contributed by atoms with Crippen molar-refractivity contribution >= 4 is 29.9 Å². The molecule has 4 N–H and O–H groups in total. The summed E-state index contributed by atoms with van der Waals surface area (Å²) in [7, 11) is 0. The first-order valence-corrected chi connectivity index (χ1v) is 12.5. The lowest BCUT2D eigenvalue weighted by atomic mass is 10.0. The molecule has 1 aromatic rings. The number of nitrogens with one attached hydrogen (secondary N) is 3. The van der Waals surface area contributed by atoms with E-state index in [2.05, 4.69) is 21.2 Å². The fourth-order valence-corrected chi connectivity index (χ4v) is 4.78. The summed E-state index contributed by atoms with van der Waals surface area (Å²) in [6.07, 6.45) is 8.56. The molecule has 1 atom stereocenters. The third-order valence-corrected chi connectivity index (χ3v) is 6.91. The van der Waals surface area contributed by atoms with Crippen LogP contribution in [0.3, 0.4) is 0 Å². The molecule has 0 saturated carbocycles. The van der Waals surface area contributed by atoms with Crippen molar-refractivity contribution in [3.05, 3.63) is 53.1 Å². The first kappa shape index (κ1) is 25.3. The Bertz CT molecular complexity index is 1070. The number of aliphatic carboxylic acids is 1. The molecule has 3 aliphatic rings. The number of likely N-dealkylation sites (tertiary alicyclic amines) is 1. The lowest BCUT2D eigenvalue weighted by Crippen LogP contribution is -2.54. The molecule has 10 heteroatoms. The minimum absolute atomic E-state index is 0.0227. The van der Waals surface area contributed by atoms with Crippen LogP contribution < -0.4 is 16.1 Å². The lowest BCUT2D eigenvalue weighted by molar-refractivity contribution is -0.139. The van der Waals surface area contributed by atoms with Crippen molar-refractivity contribution in [2.45, 2.75) is 57.7 Å². The molecule has 1 unspecified atom stereocenters. The predicted octanol–water partition coefficient (Wildman–Crippen LogP) is 3.29. The Morgan fingerprint density at radius 1 is 1.25 bits per heavy atom. The van der Waals surface area contributed by atoms with Crippen molar-refractivity contribution < 1.29 is 19.5 Å². The Labute approximate surface area is 211 Å². The molecule has 1 saturated heterocycles. The number of carbonyl (C=O) groups is 3. The molecule has 3 heterocycles. The van der Waals surface area contributed by atoms with Gasteiger partial charge in [0.15, 0.2) is 0 Å². The van der Waals surface area contributed by atoms with E-state index in [1.165, 1.54) is 0 Å². The van der Waals surface area contributed by atoms with Gasteiger partial charge in [-0.1, -0.05) is 37.3 Å². The van der Waals surface area contributed by atoms with Gasteiger partial charge >= 0.3 is 18.0 Å². The Balaban J connectivity index is 1.34. The van der Waals surface area contributed by atoms with Gasteiger partial charge in [0, 0.05) is 50.4 Å². The van der Waals surface area contributed by atoms with Crippen molar-refractivity contribution in [3.8, 4) is 0 Å². The van der Waals surface area contributed by atoms with Crippen LogP contribution >= 0.6 is 0 Å². The highest BCUT2D eigenvalue weighted by molar-refractivity contribution is 5.92. The highest BCUT2D eigenvalue weighted by Crippen LogP contribution is 2.27. The van der Waals surface area contributed by atoms with E-state index in [-0.39, 0.29) is 24.5 Å². The van der Waals surface area contributed by atoms with E-state index in [4.69, 9.17) is 0 Å². The number of allylic oxidation sites excluding steroid dienone is 2. The summed E-state index contributed by atoms with van der Waals surface area (Å²) < 4.78 is 0. The maximum atomic E-state index is 13.0. The van der Waals surface area contributed by atoms with Crippen molar-refractivity contribution in [1.29, 1.82) is 0 Å². The summed E-state index contributed by atoms with van der Waals surface area (Å²) in [5, 5.41) is 19.6. The van der Waals surface area contributed by atoms with Crippen LogP contribution in [0.25, 0.3) is 0 Å². The number of hydrogen-bond acceptors (Lipinski definition) is 5. The highest BCUT2D eigenvalue weighted by Gasteiger charge is 2.33. The molecular formula is C26H34N6O4. The molecular weight excluding hydrogens is 460 g/mol. The molecule has 0 aromatic heterocycles. The van der Waals surface area contributed by atoms with Gasteiger partial charge in [-0.3, -0.25) is 0 Å². The largest absolute Gasteiger partial charge is 0.480 e. The van der Waals surface area contributed by atoms with Crippen LogP contribution in [0.2, 0.25) is 0 Å². The first-order chi connectivity index (χ1) is 17.4. The maximum Gasteiger partial charge on any atom is 0.326 e. The molecule has 0 aliphatic carbocycles. The monoisotopic (exact) mass is 494 g/mol. The number of urea groups is 2. The lowest BCUT2D eigenvalue weighted by Gasteiger charge is -2.40. The number of hydrazone groups is 1. The number of piperidine rings is 1. The van der Waals surface area contributed by atoms with Crippen molar-refractivity contribution in [1.82, 2.24) is 20.5 Å². The zero-order chi connectivity index (χ0) is 25.5. The molecule has 3 aliphatic heterocycles. The predicted molar refractivity (Wildman–Crippen MR) is 138 cm³/mol. The van der Waals surface area contributed by atoms with Crippen LogP contribution in [0, 0.1) is 0 Å². The molecule has 0 radical (unpaired) electrons. The number of hydrogen-bond donors (Lipinski definition) is 4. The quantitative estimate of drug-likeness (QED) is 0.483. The van der Waals surface area contributed by atoms with E-state index in [1.54, 1.807) is 11.1 Å². The number of fused-ring (bicyclic) bond motifs is 1. The molecule has 0 bridgehead atoms. The molecule has 192 valence electrons. The number of anilines is 1. The fourth-order valence-electron chi connectivity index (χ4n) is 4.78. The maximum absolute atomic E-state index is 13.0. The molecule has 36 heavy (non-hydrogen) atoms. The van der Waals surface area contributed by atoms with E-state index in [0.29, 0.717) is 45.4 Å². The first-order valence-electron chi connectivity index (χ1n) is 12.5. The third-order valence-electron chi connectivity index (χ3n) is 6.91. The van der Waals surface area contributed by atoms with Gasteiger partial charge in [-0.25, -0.2) is 14.4 Å². The van der Waals surface area contributed by atoms with Crippen LogP contribution in [0.15, 0.2) is 52.7 Å². The molecule has 1 aromatic carbocycles. The highest BCUT2D eigenvalue weighted by atomic mass is 16.4. The normalized spacial score (nSPS) is 23.2. The molecule has 4 amide bonds. The molecule has 10 nitrogen and oxygen atoms in total. The number of rotatable bonds is 6. The van der Waals surface area contributed by atoms with Gasteiger partial charge in [-0.15, -0.1) is 0 Å². The molecule has 4 rings (SSSR count). The minimum atomic E-state index is -1.07. The van der Waals surface area contributed by atoms with Gasteiger partial charge in [-0.05, 0) is 42.0 Å². The number of para-hydroxylation sites is 1. The number of carboxylic acids is 1. The van der Waals surface area contributed by atoms with Gasteiger partial charge < -0.3 is 31.0 Å². The van der Waals surface area contributed by atoms with E-state index in [9.17, 15) is 19.5 Å². The number of amides is 4.